The number of nitrogens with two attached hydrogens (primary N) is 1. The maximum atomic E-state index is 8.97. The van der Waals surface area contributed by atoms with Gasteiger partial charge in [0.2, 0.25) is 0 Å². The number of guanidine groups is 1. The predicted octanol–water partition coefficient (Wildman–Crippen LogP) is 5.03. The second-order valence-corrected chi connectivity index (χ2v) is 9.68. The van der Waals surface area contributed by atoms with Gasteiger partial charge in [0.15, 0.2) is 5.96 Å². The van der Waals surface area contributed by atoms with Crippen LogP contribution >= 0.6 is 0 Å². The van der Waals surface area contributed by atoms with Crippen molar-refractivity contribution >= 4 is 11.6 Å². The molecule has 0 bridgehead atoms. The van der Waals surface area contributed by atoms with Gasteiger partial charge in [-0.3, -0.25) is 5.41 Å². The van der Waals surface area contributed by atoms with Gasteiger partial charge in [-0.25, -0.2) is 0 Å². The van der Waals surface area contributed by atoms with Gasteiger partial charge in [-0.05, 0) is 73.0 Å². The van der Waals surface area contributed by atoms with Crippen LogP contribution in [0, 0.1) is 23.7 Å². The Balaban J connectivity index is 1.75. The van der Waals surface area contributed by atoms with E-state index in [4.69, 9.17) is 15.9 Å². The maximum absolute atomic E-state index is 8.97. The van der Waals surface area contributed by atoms with E-state index in [0.29, 0.717) is 31.6 Å². The maximum Gasteiger partial charge on any atom is 0.198 e. The van der Waals surface area contributed by atoms with Crippen LogP contribution in [-0.2, 0) is 6.61 Å². The van der Waals surface area contributed by atoms with Crippen LogP contribution in [0.3, 0.4) is 0 Å². The molecular formula is C26H38N4O. The van der Waals surface area contributed by atoms with Crippen molar-refractivity contribution in [2.45, 2.75) is 47.1 Å². The highest BCUT2D eigenvalue weighted by Crippen LogP contribution is 2.27. The molecule has 1 aliphatic rings. The van der Waals surface area contributed by atoms with Crippen LogP contribution in [0.15, 0.2) is 48.5 Å². The quantitative estimate of drug-likeness (QED) is 0.485. The molecule has 1 aliphatic heterocycles. The average Bonchev–Trinajstić information content (AvgIpc) is 2.77. The van der Waals surface area contributed by atoms with Crippen molar-refractivity contribution < 1.29 is 4.74 Å². The SMILES string of the molecule is Cc1ccccc1COc1ccc(N(CC(C)(C)CN)C(=N)N2CCCC(C)C2)cc1. The molecule has 1 fully saturated rings. The second-order valence-electron chi connectivity index (χ2n) is 9.68. The molecule has 3 rings (SSSR count). The van der Waals surface area contributed by atoms with E-state index in [1.165, 1.54) is 17.5 Å². The first-order chi connectivity index (χ1) is 14.8. The minimum absolute atomic E-state index is 0.0896. The molecule has 5 nitrogen and oxygen atoms in total. The first-order valence-corrected chi connectivity index (χ1v) is 11.4. The Morgan fingerprint density at radius 3 is 2.55 bits per heavy atom. The van der Waals surface area contributed by atoms with E-state index in [-0.39, 0.29) is 5.41 Å². The summed E-state index contributed by atoms with van der Waals surface area (Å²) in [6.45, 7) is 12.4. The van der Waals surface area contributed by atoms with Crippen LogP contribution < -0.4 is 15.4 Å². The number of ether oxygens (including phenoxy) is 1. The summed E-state index contributed by atoms with van der Waals surface area (Å²) in [4.78, 5) is 4.32. The molecule has 1 unspecified atom stereocenters. The van der Waals surface area contributed by atoms with Gasteiger partial charge < -0.3 is 20.3 Å². The Bertz CT molecular complexity index is 862. The molecule has 0 saturated carbocycles. The lowest BCUT2D eigenvalue weighted by atomic mass is 9.92. The van der Waals surface area contributed by atoms with Crippen molar-refractivity contribution in [2.24, 2.45) is 17.1 Å². The number of benzene rings is 2. The standard InChI is InChI=1S/C26H38N4O/c1-20-8-7-15-29(16-20)25(28)30(19-26(3,4)18-27)23-11-13-24(14-12-23)31-17-22-10-6-5-9-21(22)2/h5-6,9-14,20,28H,7-8,15-19,27H2,1-4H3. The van der Waals surface area contributed by atoms with Crippen molar-refractivity contribution in [3.63, 3.8) is 0 Å². The molecular weight excluding hydrogens is 384 g/mol. The first kappa shape index (κ1) is 23.1. The smallest absolute Gasteiger partial charge is 0.198 e. The molecule has 0 radical (unpaired) electrons. The summed E-state index contributed by atoms with van der Waals surface area (Å²) in [5, 5.41) is 8.97. The van der Waals surface area contributed by atoms with Crippen LogP contribution in [0.1, 0.15) is 44.7 Å². The number of nitrogens with zero attached hydrogens (tertiary/aromatic N) is 2. The third-order valence-electron chi connectivity index (χ3n) is 6.15. The Hall–Kier alpha value is -2.53. The summed E-state index contributed by atoms with van der Waals surface area (Å²) in [6, 6.07) is 16.4. The van der Waals surface area contributed by atoms with Gasteiger partial charge in [0.1, 0.15) is 12.4 Å². The molecule has 168 valence electrons. The van der Waals surface area contributed by atoms with Crippen molar-refractivity contribution in [2.75, 3.05) is 31.1 Å². The number of rotatable bonds is 7. The molecule has 0 aliphatic carbocycles. The fourth-order valence-electron chi connectivity index (χ4n) is 3.99. The number of hydrogen-bond donors (Lipinski definition) is 2. The zero-order valence-corrected chi connectivity index (χ0v) is 19.5. The number of aryl methyl sites for hydroxylation is 1. The summed E-state index contributed by atoms with van der Waals surface area (Å²) < 4.78 is 6.02. The van der Waals surface area contributed by atoms with Gasteiger partial charge in [-0.15, -0.1) is 0 Å². The number of anilines is 1. The second kappa shape index (κ2) is 10.2. The van der Waals surface area contributed by atoms with Gasteiger partial charge in [0, 0.05) is 25.3 Å². The van der Waals surface area contributed by atoms with Gasteiger partial charge in [0.05, 0.1) is 0 Å². The van der Waals surface area contributed by atoms with Gasteiger partial charge in [-0.1, -0.05) is 45.0 Å². The minimum atomic E-state index is -0.0896. The van der Waals surface area contributed by atoms with Crippen LogP contribution in [0.4, 0.5) is 5.69 Å². The highest BCUT2D eigenvalue weighted by Gasteiger charge is 2.28. The summed E-state index contributed by atoms with van der Waals surface area (Å²) in [5.74, 6) is 2.03. The molecule has 2 aromatic carbocycles. The molecule has 1 heterocycles. The Morgan fingerprint density at radius 2 is 1.90 bits per heavy atom. The molecule has 1 saturated heterocycles. The normalized spacial score (nSPS) is 16.8. The largest absolute Gasteiger partial charge is 0.489 e. The van der Waals surface area contributed by atoms with Gasteiger partial charge in [-0.2, -0.15) is 0 Å². The van der Waals surface area contributed by atoms with E-state index in [9.17, 15) is 0 Å². The van der Waals surface area contributed by atoms with E-state index in [0.717, 1.165) is 30.9 Å². The van der Waals surface area contributed by atoms with Crippen molar-refractivity contribution in [1.29, 1.82) is 5.41 Å². The zero-order chi connectivity index (χ0) is 22.4. The fourth-order valence-corrected chi connectivity index (χ4v) is 3.99. The minimum Gasteiger partial charge on any atom is -0.489 e. The fraction of sp³-hybridized carbons (Fsp3) is 0.500. The Morgan fingerprint density at radius 1 is 1.19 bits per heavy atom. The molecule has 31 heavy (non-hydrogen) atoms. The van der Waals surface area contributed by atoms with Gasteiger partial charge in [0.25, 0.3) is 0 Å². The third-order valence-corrected chi connectivity index (χ3v) is 6.15. The summed E-state index contributed by atoms with van der Waals surface area (Å²) in [6.07, 6.45) is 2.38. The number of piperidine rings is 1. The zero-order valence-electron chi connectivity index (χ0n) is 19.5. The van der Waals surface area contributed by atoms with E-state index in [2.05, 4.69) is 61.8 Å². The molecule has 3 N–H and O–H groups in total. The van der Waals surface area contributed by atoms with E-state index >= 15 is 0 Å². The molecule has 0 aromatic heterocycles. The average molecular weight is 423 g/mol. The molecule has 0 spiro atoms. The Kier molecular flexibility index (Phi) is 7.60. The van der Waals surface area contributed by atoms with E-state index in [1.54, 1.807) is 0 Å². The lowest BCUT2D eigenvalue weighted by Gasteiger charge is -2.40. The predicted molar refractivity (Wildman–Crippen MR) is 130 cm³/mol. The summed E-state index contributed by atoms with van der Waals surface area (Å²) >= 11 is 0. The number of likely N-dealkylation sites (tertiary alicyclic amines) is 1. The third kappa shape index (κ3) is 6.23. The first-order valence-electron chi connectivity index (χ1n) is 11.4. The van der Waals surface area contributed by atoms with Crippen LogP contribution in [0.5, 0.6) is 5.75 Å². The van der Waals surface area contributed by atoms with Crippen molar-refractivity contribution in [3.8, 4) is 5.75 Å². The van der Waals surface area contributed by atoms with Crippen LogP contribution in [0.25, 0.3) is 0 Å². The molecule has 2 aromatic rings. The van der Waals surface area contributed by atoms with Crippen LogP contribution in [-0.4, -0.2) is 37.0 Å². The highest BCUT2D eigenvalue weighted by molar-refractivity contribution is 5.94. The summed E-state index contributed by atoms with van der Waals surface area (Å²) in [5.41, 5.74) is 9.38. The number of hydrogen-bond acceptors (Lipinski definition) is 3. The van der Waals surface area contributed by atoms with Gasteiger partial charge >= 0.3 is 0 Å². The summed E-state index contributed by atoms with van der Waals surface area (Å²) in [7, 11) is 0. The molecule has 0 amide bonds. The van der Waals surface area contributed by atoms with Crippen molar-refractivity contribution in [1.82, 2.24) is 4.90 Å². The molecule has 1 atom stereocenters. The van der Waals surface area contributed by atoms with Crippen molar-refractivity contribution in [3.05, 3.63) is 59.7 Å². The highest BCUT2D eigenvalue weighted by atomic mass is 16.5. The van der Waals surface area contributed by atoms with E-state index in [1.807, 2.05) is 24.3 Å². The lowest BCUT2D eigenvalue weighted by Crippen LogP contribution is -2.51. The van der Waals surface area contributed by atoms with E-state index < -0.39 is 0 Å². The Labute approximate surface area is 187 Å². The monoisotopic (exact) mass is 422 g/mol. The molecule has 5 heteroatoms. The lowest BCUT2D eigenvalue weighted by molar-refractivity contribution is 0.265. The number of nitrogens with one attached hydrogen (secondary N) is 1. The topological polar surface area (TPSA) is 65.6 Å². The van der Waals surface area contributed by atoms with Crippen LogP contribution in [0.2, 0.25) is 0 Å².